The maximum Gasteiger partial charge on any atom is 0.432 e. The molecule has 3 aliphatic rings. The number of fused-ring (bicyclic) bond motifs is 1. The molecule has 2 bridgehead atoms. The van der Waals surface area contributed by atoms with Crippen LogP contribution in [0.15, 0.2) is 12.2 Å². The number of ether oxygens (including phenoxy) is 4. The molecule has 0 aromatic rings. The summed E-state index contributed by atoms with van der Waals surface area (Å²) in [6, 6.07) is 0. The molecular weight excluding hydrogens is 467 g/mol. The van der Waals surface area contributed by atoms with E-state index in [-0.39, 0.29) is 5.57 Å². The molecule has 0 aromatic heterocycles. The molecule has 7 unspecified atom stereocenters. The van der Waals surface area contributed by atoms with E-state index >= 15 is 0 Å². The van der Waals surface area contributed by atoms with Gasteiger partial charge >= 0.3 is 29.3 Å². The number of alkyl halides is 5. The van der Waals surface area contributed by atoms with Gasteiger partial charge in [0.15, 0.2) is 22.3 Å². The van der Waals surface area contributed by atoms with Gasteiger partial charge in [0.25, 0.3) is 6.10 Å². The second-order valence-electron chi connectivity index (χ2n) is 7.04. The molecule has 16 heteroatoms. The van der Waals surface area contributed by atoms with Crippen molar-refractivity contribution in [1.82, 2.24) is 0 Å². The minimum atomic E-state index is -6.90. The minimum absolute atomic E-state index is 0.125. The normalized spacial score (nSPS) is 33.1. The fraction of sp³-hybridized carbons (Fsp3) is 0.667. The summed E-state index contributed by atoms with van der Waals surface area (Å²) in [5, 5.41) is -6.07. The minimum Gasteiger partial charge on any atom is -0.743 e. The Morgan fingerprint density at radius 3 is 2.23 bits per heavy atom. The van der Waals surface area contributed by atoms with Crippen LogP contribution in [0.2, 0.25) is 0 Å². The maximum absolute atomic E-state index is 13.6. The fourth-order valence-electron chi connectivity index (χ4n) is 3.62. The largest absolute Gasteiger partial charge is 0.743 e. The zero-order valence-corrected chi connectivity index (χ0v) is 15.9. The summed E-state index contributed by atoms with van der Waals surface area (Å²) in [6.07, 6.45) is -16.4. The Morgan fingerprint density at radius 2 is 1.74 bits per heavy atom. The highest BCUT2D eigenvalue weighted by molar-refractivity contribution is 7.86. The molecule has 0 amide bonds. The third kappa shape index (κ3) is 3.65. The van der Waals surface area contributed by atoms with Crippen LogP contribution < -0.4 is 0 Å². The summed E-state index contributed by atoms with van der Waals surface area (Å²) in [5.74, 6) is -7.87. The molecule has 3 rings (SSSR count). The lowest BCUT2D eigenvalue weighted by molar-refractivity contribution is -0.261. The van der Waals surface area contributed by atoms with E-state index in [1.807, 2.05) is 0 Å². The van der Waals surface area contributed by atoms with E-state index in [2.05, 4.69) is 11.3 Å². The zero-order chi connectivity index (χ0) is 23.7. The topological polar surface area (TPSA) is 145 Å². The van der Waals surface area contributed by atoms with Crippen molar-refractivity contribution in [1.29, 1.82) is 0 Å². The molecule has 0 aliphatic carbocycles. The van der Waals surface area contributed by atoms with Gasteiger partial charge in [-0.1, -0.05) is 6.58 Å². The Labute approximate surface area is 170 Å². The molecule has 0 saturated carbocycles. The maximum atomic E-state index is 13.6. The molecule has 3 saturated heterocycles. The van der Waals surface area contributed by atoms with Gasteiger partial charge < -0.3 is 23.5 Å². The van der Waals surface area contributed by atoms with E-state index in [9.17, 15) is 49.3 Å². The quantitative estimate of drug-likeness (QED) is 0.168. The van der Waals surface area contributed by atoms with Gasteiger partial charge in [0.05, 0.1) is 0 Å². The molecule has 0 radical (unpaired) electrons. The molecule has 10 nitrogen and oxygen atoms in total. The van der Waals surface area contributed by atoms with Crippen molar-refractivity contribution in [2.75, 3.05) is 0 Å². The number of esters is 3. The van der Waals surface area contributed by atoms with Crippen LogP contribution in [0.3, 0.4) is 0 Å². The standard InChI is InChI=1S/C15H13F5O10S/c1-3(2)10(21)28-8-7-5(4-6(27-7)9(8)29-11(4)22)12(23)30-13(14(16,17)18)15(19,20)31(24,25)26/h4-9,13H,1H2,2H3,(H,24,25,26)/p-1. The average molecular weight is 479 g/mol. The Balaban J connectivity index is 1.91. The van der Waals surface area contributed by atoms with Crippen LogP contribution in [0.1, 0.15) is 6.92 Å². The van der Waals surface area contributed by atoms with Crippen LogP contribution in [0.5, 0.6) is 0 Å². The number of carbonyl (C=O) groups excluding carboxylic acids is 3. The van der Waals surface area contributed by atoms with Crippen LogP contribution >= 0.6 is 0 Å². The van der Waals surface area contributed by atoms with Crippen LogP contribution in [-0.2, 0) is 43.4 Å². The van der Waals surface area contributed by atoms with Crippen LogP contribution in [-0.4, -0.2) is 72.8 Å². The highest BCUT2D eigenvalue weighted by Crippen LogP contribution is 2.52. The van der Waals surface area contributed by atoms with Crippen molar-refractivity contribution < 1.29 is 68.3 Å². The highest BCUT2D eigenvalue weighted by Gasteiger charge is 2.73. The van der Waals surface area contributed by atoms with Crippen molar-refractivity contribution in [2.24, 2.45) is 11.8 Å². The first kappa shape index (κ1) is 23.3. The second kappa shape index (κ2) is 7.09. The third-order valence-electron chi connectivity index (χ3n) is 4.94. The van der Waals surface area contributed by atoms with E-state index in [4.69, 9.17) is 14.2 Å². The number of hydrogen-bond acceptors (Lipinski definition) is 10. The van der Waals surface area contributed by atoms with Gasteiger partial charge in [-0.3, -0.25) is 9.59 Å². The van der Waals surface area contributed by atoms with E-state index in [0.717, 1.165) is 0 Å². The summed E-state index contributed by atoms with van der Waals surface area (Å²) >= 11 is 0. The highest BCUT2D eigenvalue weighted by atomic mass is 32.2. The molecule has 3 fully saturated rings. The van der Waals surface area contributed by atoms with Gasteiger partial charge in [0.1, 0.15) is 24.0 Å². The van der Waals surface area contributed by atoms with E-state index < -0.39 is 81.8 Å². The Bertz CT molecular complexity index is 944. The molecule has 31 heavy (non-hydrogen) atoms. The van der Waals surface area contributed by atoms with Gasteiger partial charge in [-0.2, -0.15) is 22.0 Å². The van der Waals surface area contributed by atoms with Crippen molar-refractivity contribution in [3.63, 3.8) is 0 Å². The van der Waals surface area contributed by atoms with Crippen molar-refractivity contribution >= 4 is 28.0 Å². The molecule has 0 aromatic carbocycles. The van der Waals surface area contributed by atoms with Gasteiger partial charge in [-0.15, -0.1) is 0 Å². The number of hydrogen-bond donors (Lipinski definition) is 0. The summed E-state index contributed by atoms with van der Waals surface area (Å²) in [7, 11) is -6.90. The SMILES string of the molecule is C=C(C)C(=O)OC1C2OC(=O)C3C2OC1C3C(=O)OC(C(F)(F)F)C(F)(F)S(=O)(=O)[O-]. The van der Waals surface area contributed by atoms with Gasteiger partial charge in [-0.05, 0) is 6.92 Å². The molecule has 174 valence electrons. The van der Waals surface area contributed by atoms with Gasteiger partial charge in [0, 0.05) is 5.57 Å². The van der Waals surface area contributed by atoms with Crippen LogP contribution in [0.25, 0.3) is 0 Å². The van der Waals surface area contributed by atoms with Crippen molar-refractivity contribution in [3.05, 3.63) is 12.2 Å². The van der Waals surface area contributed by atoms with Gasteiger partial charge in [0.2, 0.25) is 0 Å². The fourth-order valence-corrected chi connectivity index (χ4v) is 4.06. The van der Waals surface area contributed by atoms with E-state index in [0.29, 0.717) is 0 Å². The van der Waals surface area contributed by atoms with E-state index in [1.54, 1.807) is 0 Å². The van der Waals surface area contributed by atoms with Crippen LogP contribution in [0.4, 0.5) is 22.0 Å². The lowest BCUT2D eigenvalue weighted by atomic mass is 9.78. The zero-order valence-electron chi connectivity index (χ0n) is 15.1. The smallest absolute Gasteiger partial charge is 0.432 e. The monoisotopic (exact) mass is 479 g/mol. The predicted molar refractivity (Wildman–Crippen MR) is 80.8 cm³/mol. The van der Waals surface area contributed by atoms with E-state index in [1.165, 1.54) is 6.92 Å². The molecule has 7 atom stereocenters. The first-order chi connectivity index (χ1) is 14.0. The lowest BCUT2D eigenvalue weighted by Gasteiger charge is -2.32. The first-order valence-electron chi connectivity index (χ1n) is 8.31. The Hall–Kier alpha value is -2.33. The summed E-state index contributed by atoms with van der Waals surface area (Å²) in [5.41, 5.74) is -0.125. The Morgan fingerprint density at radius 1 is 1.16 bits per heavy atom. The third-order valence-corrected chi connectivity index (χ3v) is 5.82. The molecule has 3 heterocycles. The summed E-state index contributed by atoms with van der Waals surface area (Å²) in [4.78, 5) is 36.2. The molecule has 0 N–H and O–H groups in total. The number of carbonyl (C=O) groups is 3. The second-order valence-corrected chi connectivity index (χ2v) is 8.50. The van der Waals surface area contributed by atoms with Gasteiger partial charge in [-0.25, -0.2) is 13.2 Å². The molecule has 0 spiro atoms. The lowest BCUT2D eigenvalue weighted by Crippen LogP contribution is -2.54. The molecular formula is C15H12F5O10S-. The van der Waals surface area contributed by atoms with Crippen molar-refractivity contribution in [3.8, 4) is 0 Å². The average Bonchev–Trinajstić information content (AvgIpc) is 3.20. The van der Waals surface area contributed by atoms with Crippen molar-refractivity contribution in [2.45, 2.75) is 48.9 Å². The Kier molecular flexibility index (Phi) is 5.34. The summed E-state index contributed by atoms with van der Waals surface area (Å²) in [6.45, 7) is 4.54. The first-order valence-corrected chi connectivity index (χ1v) is 9.72. The summed E-state index contributed by atoms with van der Waals surface area (Å²) < 4.78 is 117. The number of rotatable bonds is 6. The van der Waals surface area contributed by atoms with Crippen LogP contribution in [0, 0.1) is 11.8 Å². The molecule has 3 aliphatic heterocycles. The predicted octanol–water partition coefficient (Wildman–Crippen LogP) is 0.0252. The number of halogens is 5.